The molecule has 1 aromatic rings. The standard InChI is InChI=1S/C17H26N2S/c1-3-15(13-9-5-4-6-10-13)19-16-12(2)8-7-11-14(16)17(18)20/h7-8,11,13,15,19H,3-6,9-10H2,1-2H3,(H2,18,20). The third-order valence-corrected chi connectivity index (χ3v) is 4.75. The number of hydrogen-bond donors (Lipinski definition) is 2. The van der Waals surface area contributed by atoms with Gasteiger partial charge in [-0.25, -0.2) is 0 Å². The maximum atomic E-state index is 5.87. The van der Waals surface area contributed by atoms with E-state index in [1.807, 2.05) is 12.1 Å². The van der Waals surface area contributed by atoms with E-state index >= 15 is 0 Å². The zero-order valence-corrected chi connectivity index (χ0v) is 13.4. The van der Waals surface area contributed by atoms with Gasteiger partial charge in [0.15, 0.2) is 0 Å². The van der Waals surface area contributed by atoms with Crippen molar-refractivity contribution in [2.24, 2.45) is 11.7 Å². The minimum atomic E-state index is 0.481. The van der Waals surface area contributed by atoms with E-state index < -0.39 is 0 Å². The van der Waals surface area contributed by atoms with Gasteiger partial charge in [0, 0.05) is 17.3 Å². The highest BCUT2D eigenvalue weighted by atomic mass is 32.1. The Labute approximate surface area is 128 Å². The van der Waals surface area contributed by atoms with Crippen LogP contribution in [-0.4, -0.2) is 11.0 Å². The first-order chi connectivity index (χ1) is 9.63. The second-order valence-corrected chi connectivity index (χ2v) is 6.36. The van der Waals surface area contributed by atoms with Crippen LogP contribution in [0, 0.1) is 12.8 Å². The van der Waals surface area contributed by atoms with Crippen molar-refractivity contribution in [3.8, 4) is 0 Å². The Kier molecular flexibility index (Phi) is 5.41. The summed E-state index contributed by atoms with van der Waals surface area (Å²) in [7, 11) is 0. The van der Waals surface area contributed by atoms with Crippen LogP contribution in [0.2, 0.25) is 0 Å². The van der Waals surface area contributed by atoms with Crippen molar-refractivity contribution >= 4 is 22.9 Å². The molecule has 1 aliphatic rings. The fourth-order valence-corrected chi connectivity index (χ4v) is 3.51. The molecule has 0 aliphatic heterocycles. The molecule has 0 spiro atoms. The maximum Gasteiger partial charge on any atom is 0.106 e. The maximum absolute atomic E-state index is 5.87. The van der Waals surface area contributed by atoms with Crippen molar-refractivity contribution in [1.82, 2.24) is 0 Å². The fourth-order valence-electron chi connectivity index (χ4n) is 3.34. The van der Waals surface area contributed by atoms with Crippen LogP contribution in [0.3, 0.4) is 0 Å². The molecule has 3 N–H and O–H groups in total. The van der Waals surface area contributed by atoms with Gasteiger partial charge in [0.25, 0.3) is 0 Å². The van der Waals surface area contributed by atoms with Gasteiger partial charge in [-0.1, -0.05) is 50.5 Å². The smallest absolute Gasteiger partial charge is 0.106 e. The van der Waals surface area contributed by atoms with Crippen LogP contribution >= 0.6 is 12.2 Å². The average Bonchev–Trinajstić information content (AvgIpc) is 2.46. The summed E-state index contributed by atoms with van der Waals surface area (Å²) in [6.07, 6.45) is 7.99. The van der Waals surface area contributed by atoms with Crippen LogP contribution in [0.5, 0.6) is 0 Å². The molecule has 1 aliphatic carbocycles. The summed E-state index contributed by atoms with van der Waals surface area (Å²) in [4.78, 5) is 0.481. The highest BCUT2D eigenvalue weighted by Crippen LogP contribution is 2.31. The predicted octanol–water partition coefficient (Wildman–Crippen LogP) is 4.40. The lowest BCUT2D eigenvalue weighted by Gasteiger charge is -2.32. The normalized spacial score (nSPS) is 17.7. The average molecular weight is 290 g/mol. The summed E-state index contributed by atoms with van der Waals surface area (Å²) in [5.41, 5.74) is 9.21. The molecule has 0 saturated heterocycles. The van der Waals surface area contributed by atoms with E-state index in [-0.39, 0.29) is 0 Å². The Morgan fingerprint density at radius 3 is 2.65 bits per heavy atom. The van der Waals surface area contributed by atoms with Gasteiger partial charge in [-0.05, 0) is 43.7 Å². The third kappa shape index (κ3) is 3.51. The third-order valence-electron chi connectivity index (χ3n) is 4.53. The van der Waals surface area contributed by atoms with Crippen molar-refractivity contribution < 1.29 is 0 Å². The van der Waals surface area contributed by atoms with Crippen LogP contribution in [0.15, 0.2) is 18.2 Å². The zero-order valence-electron chi connectivity index (χ0n) is 12.6. The number of nitrogens with one attached hydrogen (secondary N) is 1. The van der Waals surface area contributed by atoms with Gasteiger partial charge < -0.3 is 11.1 Å². The molecule has 2 nitrogen and oxygen atoms in total. The number of thiocarbonyl (C=S) groups is 1. The number of nitrogens with two attached hydrogens (primary N) is 1. The molecule has 0 heterocycles. The number of rotatable bonds is 5. The van der Waals surface area contributed by atoms with Gasteiger partial charge in [0.05, 0.1) is 0 Å². The van der Waals surface area contributed by atoms with E-state index in [2.05, 4.69) is 25.2 Å². The molecule has 20 heavy (non-hydrogen) atoms. The molecule has 2 rings (SSSR count). The zero-order chi connectivity index (χ0) is 14.5. The van der Waals surface area contributed by atoms with E-state index in [1.165, 1.54) is 37.7 Å². The Morgan fingerprint density at radius 2 is 2.05 bits per heavy atom. The number of hydrogen-bond acceptors (Lipinski definition) is 2. The van der Waals surface area contributed by atoms with Crippen molar-refractivity contribution in [2.45, 2.75) is 58.4 Å². The summed E-state index contributed by atoms with van der Waals surface area (Å²) in [6.45, 7) is 4.39. The fraction of sp³-hybridized carbons (Fsp3) is 0.588. The van der Waals surface area contributed by atoms with E-state index in [4.69, 9.17) is 18.0 Å². The first-order valence-corrected chi connectivity index (χ1v) is 8.20. The van der Waals surface area contributed by atoms with Crippen molar-refractivity contribution in [1.29, 1.82) is 0 Å². The lowest BCUT2D eigenvalue weighted by atomic mass is 9.82. The van der Waals surface area contributed by atoms with Crippen LogP contribution in [0.4, 0.5) is 5.69 Å². The lowest BCUT2D eigenvalue weighted by Crippen LogP contribution is -2.31. The topological polar surface area (TPSA) is 38.0 Å². The van der Waals surface area contributed by atoms with Gasteiger partial charge in [0.2, 0.25) is 0 Å². The Bertz CT molecular complexity index is 464. The minimum Gasteiger partial charge on any atom is -0.389 e. The van der Waals surface area contributed by atoms with Gasteiger partial charge in [-0.15, -0.1) is 0 Å². The first-order valence-electron chi connectivity index (χ1n) is 7.79. The van der Waals surface area contributed by atoms with Crippen LogP contribution in [0.25, 0.3) is 0 Å². The molecule has 1 fully saturated rings. The van der Waals surface area contributed by atoms with Crippen LogP contribution in [-0.2, 0) is 0 Å². The van der Waals surface area contributed by atoms with Crippen molar-refractivity contribution in [2.75, 3.05) is 5.32 Å². The number of benzene rings is 1. The molecular formula is C17H26N2S. The van der Waals surface area contributed by atoms with Crippen LogP contribution in [0.1, 0.15) is 56.6 Å². The summed E-state index contributed by atoms with van der Waals surface area (Å²) < 4.78 is 0. The summed E-state index contributed by atoms with van der Waals surface area (Å²) >= 11 is 5.19. The monoisotopic (exact) mass is 290 g/mol. The molecule has 0 bridgehead atoms. The van der Waals surface area contributed by atoms with E-state index in [0.29, 0.717) is 11.0 Å². The second kappa shape index (κ2) is 7.07. The summed E-state index contributed by atoms with van der Waals surface area (Å²) in [6, 6.07) is 6.70. The molecule has 0 aromatic heterocycles. The quantitative estimate of drug-likeness (QED) is 0.789. The largest absolute Gasteiger partial charge is 0.389 e. The SMILES string of the molecule is CCC(Nc1c(C)cccc1C(N)=S)C1CCCCC1. The molecule has 1 aromatic carbocycles. The highest BCUT2D eigenvalue weighted by molar-refractivity contribution is 7.80. The summed E-state index contributed by atoms with van der Waals surface area (Å²) in [5.74, 6) is 0.785. The Hall–Kier alpha value is -1.09. The molecule has 0 radical (unpaired) electrons. The van der Waals surface area contributed by atoms with Crippen molar-refractivity contribution in [3.05, 3.63) is 29.3 Å². The number of aryl methyl sites for hydroxylation is 1. The highest BCUT2D eigenvalue weighted by Gasteiger charge is 2.23. The molecule has 0 amide bonds. The van der Waals surface area contributed by atoms with E-state index in [0.717, 1.165) is 23.6 Å². The Balaban J connectivity index is 2.20. The van der Waals surface area contributed by atoms with E-state index in [9.17, 15) is 0 Å². The van der Waals surface area contributed by atoms with Gasteiger partial charge in [-0.2, -0.15) is 0 Å². The molecule has 1 saturated carbocycles. The van der Waals surface area contributed by atoms with Gasteiger partial charge >= 0.3 is 0 Å². The molecule has 1 unspecified atom stereocenters. The Morgan fingerprint density at radius 1 is 1.35 bits per heavy atom. The molecule has 1 atom stereocenters. The van der Waals surface area contributed by atoms with Crippen molar-refractivity contribution in [3.63, 3.8) is 0 Å². The number of anilines is 1. The van der Waals surface area contributed by atoms with E-state index in [1.54, 1.807) is 0 Å². The van der Waals surface area contributed by atoms with Crippen LogP contribution < -0.4 is 11.1 Å². The van der Waals surface area contributed by atoms with Gasteiger partial charge in [-0.3, -0.25) is 0 Å². The molecular weight excluding hydrogens is 264 g/mol. The first kappa shape index (κ1) is 15.3. The predicted molar refractivity (Wildman–Crippen MR) is 91.3 cm³/mol. The second-order valence-electron chi connectivity index (χ2n) is 5.92. The minimum absolute atomic E-state index is 0.481. The lowest BCUT2D eigenvalue weighted by molar-refractivity contribution is 0.313. The summed E-state index contributed by atoms with van der Waals surface area (Å²) in [5, 5.41) is 3.75. The number of para-hydroxylation sites is 1. The molecule has 3 heteroatoms. The molecule has 110 valence electrons. The van der Waals surface area contributed by atoms with Gasteiger partial charge in [0.1, 0.15) is 4.99 Å².